The number of amides is 1. The Morgan fingerprint density at radius 3 is 2.29 bits per heavy atom. The molecule has 1 unspecified atom stereocenters. The molecule has 1 aromatic heterocycles. The van der Waals surface area contributed by atoms with Gasteiger partial charge in [0.05, 0.1) is 28.4 Å². The molecule has 2 aliphatic rings. The molecule has 0 saturated carbocycles. The zero-order valence-corrected chi connectivity index (χ0v) is 23.6. The predicted molar refractivity (Wildman–Crippen MR) is 147 cm³/mol. The van der Waals surface area contributed by atoms with Gasteiger partial charge in [0, 0.05) is 38.3 Å². The number of hydrogen-bond donors (Lipinski definition) is 1. The third-order valence-corrected chi connectivity index (χ3v) is 9.35. The number of halogens is 4. The van der Waals surface area contributed by atoms with Crippen molar-refractivity contribution in [3.8, 4) is 11.3 Å². The van der Waals surface area contributed by atoms with E-state index < -0.39 is 39.5 Å². The van der Waals surface area contributed by atoms with Crippen molar-refractivity contribution in [1.29, 1.82) is 0 Å². The minimum absolute atomic E-state index is 0.0450. The van der Waals surface area contributed by atoms with Crippen LogP contribution in [0.25, 0.3) is 11.3 Å². The second kappa shape index (κ2) is 11.9. The Kier molecular flexibility index (Phi) is 8.49. The van der Waals surface area contributed by atoms with Crippen molar-refractivity contribution in [2.75, 3.05) is 44.7 Å². The summed E-state index contributed by atoms with van der Waals surface area (Å²) in [7, 11) is -2.03. The first kappa shape index (κ1) is 29.9. The molecular weight excluding hydrogens is 576 g/mol. The van der Waals surface area contributed by atoms with Crippen LogP contribution in [0.5, 0.6) is 0 Å². The summed E-state index contributed by atoms with van der Waals surface area (Å²) in [5.74, 6) is -0.679. The van der Waals surface area contributed by atoms with Crippen molar-refractivity contribution in [1.82, 2.24) is 24.5 Å². The monoisotopic (exact) mass is 606 g/mol. The lowest BCUT2D eigenvalue weighted by Crippen LogP contribution is -2.46. The summed E-state index contributed by atoms with van der Waals surface area (Å²) in [6.45, 7) is 2.96. The van der Waals surface area contributed by atoms with Gasteiger partial charge < -0.3 is 15.1 Å². The smallest absolute Gasteiger partial charge is 0.349 e. The van der Waals surface area contributed by atoms with Crippen LogP contribution in [-0.2, 0) is 27.5 Å². The summed E-state index contributed by atoms with van der Waals surface area (Å²) in [5, 5.41) is 2.78. The minimum Gasteiger partial charge on any atom is -0.349 e. The number of alkyl halides is 3. The predicted octanol–water partition coefficient (Wildman–Crippen LogP) is 3.52. The highest BCUT2D eigenvalue weighted by Crippen LogP contribution is 2.31. The number of hydrogen-bond acceptors (Lipinski definition) is 7. The van der Waals surface area contributed by atoms with Crippen molar-refractivity contribution in [2.45, 2.75) is 36.5 Å². The van der Waals surface area contributed by atoms with E-state index in [9.17, 15) is 30.8 Å². The van der Waals surface area contributed by atoms with Gasteiger partial charge in [0.15, 0.2) is 0 Å². The SMILES string of the molecule is CN1CCN(c2nc(CNC(=O)C3CCCN3S(=O)(=O)c3ccc(F)cc3)cc(-c3ccc(C(F)(F)F)cc3)n2)CC1. The molecule has 2 aromatic carbocycles. The van der Waals surface area contributed by atoms with Gasteiger partial charge in [-0.15, -0.1) is 0 Å². The first-order valence-corrected chi connectivity index (χ1v) is 14.9. The molecule has 0 bridgehead atoms. The van der Waals surface area contributed by atoms with E-state index in [1.165, 1.54) is 24.3 Å². The molecular formula is C28H30F4N6O3S. The third kappa shape index (κ3) is 6.55. The van der Waals surface area contributed by atoms with Crippen molar-refractivity contribution in [3.63, 3.8) is 0 Å². The van der Waals surface area contributed by atoms with E-state index in [2.05, 4.69) is 20.2 Å². The van der Waals surface area contributed by atoms with E-state index >= 15 is 0 Å². The Labute approximate surface area is 241 Å². The number of nitrogens with zero attached hydrogens (tertiary/aromatic N) is 5. The first-order valence-electron chi connectivity index (χ1n) is 13.5. The highest BCUT2D eigenvalue weighted by atomic mass is 32.2. The van der Waals surface area contributed by atoms with E-state index in [0.29, 0.717) is 48.8 Å². The lowest BCUT2D eigenvalue weighted by Gasteiger charge is -2.32. The number of anilines is 1. The van der Waals surface area contributed by atoms with Crippen LogP contribution in [0.3, 0.4) is 0 Å². The number of carbonyl (C=O) groups excluding carboxylic acids is 1. The molecule has 42 heavy (non-hydrogen) atoms. The molecule has 0 spiro atoms. The van der Waals surface area contributed by atoms with Crippen LogP contribution in [0, 0.1) is 5.82 Å². The molecule has 5 rings (SSSR count). The van der Waals surface area contributed by atoms with Crippen LogP contribution in [0.15, 0.2) is 59.5 Å². The summed E-state index contributed by atoms with van der Waals surface area (Å²) in [4.78, 5) is 26.5. The zero-order chi connectivity index (χ0) is 30.1. The number of sulfonamides is 1. The van der Waals surface area contributed by atoms with E-state index in [1.54, 1.807) is 6.07 Å². The highest BCUT2D eigenvalue weighted by Gasteiger charge is 2.39. The molecule has 2 saturated heterocycles. The minimum atomic E-state index is -4.47. The number of nitrogens with one attached hydrogen (secondary N) is 1. The van der Waals surface area contributed by atoms with Crippen molar-refractivity contribution in [2.24, 2.45) is 0 Å². The van der Waals surface area contributed by atoms with Crippen molar-refractivity contribution >= 4 is 21.9 Å². The van der Waals surface area contributed by atoms with E-state index in [1.807, 2.05) is 11.9 Å². The lowest BCUT2D eigenvalue weighted by molar-refractivity contribution is -0.137. The van der Waals surface area contributed by atoms with E-state index in [-0.39, 0.29) is 18.0 Å². The van der Waals surface area contributed by atoms with Gasteiger partial charge in [0.25, 0.3) is 0 Å². The summed E-state index contributed by atoms with van der Waals surface area (Å²) in [6.07, 6.45) is -3.67. The Hall–Kier alpha value is -3.62. The number of benzene rings is 2. The maximum absolute atomic E-state index is 13.4. The molecule has 3 heterocycles. The quantitative estimate of drug-likeness (QED) is 0.411. The Balaban J connectivity index is 1.37. The maximum Gasteiger partial charge on any atom is 0.416 e. The highest BCUT2D eigenvalue weighted by molar-refractivity contribution is 7.89. The standard InChI is InChI=1S/C28H30F4N6O3S/c1-36-13-15-37(16-14-36)27-34-22(17-24(35-27)19-4-6-20(7-5-19)28(30,31)32)18-33-26(39)25-3-2-12-38(25)42(40,41)23-10-8-21(29)9-11-23/h4-11,17,25H,2-3,12-16,18H2,1H3,(H,33,39). The molecule has 3 aromatic rings. The second-order valence-corrected chi connectivity index (χ2v) is 12.2. The number of likely N-dealkylation sites (N-methyl/N-ethyl adjacent to an activating group) is 1. The van der Waals surface area contributed by atoms with Crippen LogP contribution in [0.1, 0.15) is 24.1 Å². The second-order valence-electron chi connectivity index (χ2n) is 10.4. The molecule has 14 heteroatoms. The van der Waals surface area contributed by atoms with Gasteiger partial charge in [-0.1, -0.05) is 12.1 Å². The molecule has 9 nitrogen and oxygen atoms in total. The fraction of sp³-hybridized carbons (Fsp3) is 0.393. The molecule has 1 N–H and O–H groups in total. The number of piperazine rings is 1. The zero-order valence-electron chi connectivity index (χ0n) is 22.8. The summed E-state index contributed by atoms with van der Waals surface area (Å²) in [6, 6.07) is 9.77. The molecule has 0 aliphatic carbocycles. The van der Waals surface area contributed by atoms with E-state index in [0.717, 1.165) is 41.7 Å². The molecule has 2 aliphatic heterocycles. The summed E-state index contributed by atoms with van der Waals surface area (Å²) in [5.41, 5.74) is 0.510. The van der Waals surface area contributed by atoms with Crippen LogP contribution >= 0.6 is 0 Å². The average Bonchev–Trinajstić information content (AvgIpc) is 3.47. The van der Waals surface area contributed by atoms with Gasteiger partial charge in [0.2, 0.25) is 21.9 Å². The lowest BCUT2D eigenvalue weighted by atomic mass is 10.1. The number of aromatic nitrogens is 2. The summed E-state index contributed by atoms with van der Waals surface area (Å²) < 4.78 is 80.2. The third-order valence-electron chi connectivity index (χ3n) is 7.43. The van der Waals surface area contributed by atoms with Gasteiger partial charge in [-0.25, -0.2) is 22.8 Å². The fourth-order valence-corrected chi connectivity index (χ4v) is 6.68. The van der Waals surface area contributed by atoms with Crippen molar-refractivity contribution < 1.29 is 30.8 Å². The molecule has 1 atom stereocenters. The van der Waals surface area contributed by atoms with Crippen LogP contribution in [0.4, 0.5) is 23.5 Å². The van der Waals surface area contributed by atoms with Crippen LogP contribution in [-0.4, -0.2) is 79.3 Å². The van der Waals surface area contributed by atoms with Gasteiger partial charge in [-0.3, -0.25) is 4.79 Å². The molecule has 1 amide bonds. The normalized spacial score (nSPS) is 18.8. The number of rotatable bonds is 7. The van der Waals surface area contributed by atoms with Gasteiger partial charge in [-0.2, -0.15) is 17.5 Å². The largest absolute Gasteiger partial charge is 0.416 e. The van der Waals surface area contributed by atoms with Crippen LogP contribution < -0.4 is 10.2 Å². The Morgan fingerprint density at radius 2 is 1.64 bits per heavy atom. The van der Waals surface area contributed by atoms with Gasteiger partial charge in [-0.05, 0) is 62.4 Å². The molecule has 224 valence electrons. The van der Waals surface area contributed by atoms with Crippen molar-refractivity contribution in [3.05, 3.63) is 71.7 Å². The van der Waals surface area contributed by atoms with Gasteiger partial charge in [0.1, 0.15) is 11.9 Å². The van der Waals surface area contributed by atoms with E-state index in [4.69, 9.17) is 0 Å². The first-order chi connectivity index (χ1) is 19.9. The topological polar surface area (TPSA) is 98.7 Å². The Bertz CT molecular complexity index is 1530. The maximum atomic E-state index is 13.4. The molecule has 2 fully saturated rings. The van der Waals surface area contributed by atoms with Crippen LogP contribution in [0.2, 0.25) is 0 Å². The van der Waals surface area contributed by atoms with Gasteiger partial charge >= 0.3 is 6.18 Å². The molecule has 0 radical (unpaired) electrons. The summed E-state index contributed by atoms with van der Waals surface area (Å²) >= 11 is 0. The average molecular weight is 607 g/mol. The fourth-order valence-electron chi connectivity index (χ4n) is 5.03. The number of carbonyl (C=O) groups is 1. The Morgan fingerprint density at radius 1 is 0.976 bits per heavy atom.